The van der Waals surface area contributed by atoms with E-state index in [0.29, 0.717) is 36.8 Å². The minimum Gasteiger partial charge on any atom is -0.491 e. The lowest BCUT2D eigenvalue weighted by Gasteiger charge is -2.10. The van der Waals surface area contributed by atoms with Crippen LogP contribution in [-0.2, 0) is 9.53 Å². The molecule has 0 saturated heterocycles. The van der Waals surface area contributed by atoms with Crippen LogP contribution in [0.25, 0.3) is 0 Å². The van der Waals surface area contributed by atoms with E-state index in [1.165, 1.54) is 0 Å². The molecule has 3 N–H and O–H groups in total. The van der Waals surface area contributed by atoms with Gasteiger partial charge >= 0.3 is 0 Å². The Bertz CT molecular complexity index is 763. The molecule has 2 aromatic rings. The van der Waals surface area contributed by atoms with E-state index in [4.69, 9.17) is 9.47 Å². The van der Waals surface area contributed by atoms with Crippen molar-refractivity contribution in [2.24, 2.45) is 0 Å². The predicted molar refractivity (Wildman–Crippen MR) is 110 cm³/mol. The number of rotatable bonds is 11. The summed E-state index contributed by atoms with van der Waals surface area (Å²) >= 11 is 0. The highest BCUT2D eigenvalue weighted by Crippen LogP contribution is 2.17. The van der Waals surface area contributed by atoms with Gasteiger partial charge in [-0.15, -0.1) is 0 Å². The summed E-state index contributed by atoms with van der Waals surface area (Å²) in [6, 6.07) is 14.2. The Morgan fingerprint density at radius 1 is 1.00 bits per heavy atom. The van der Waals surface area contributed by atoms with E-state index in [-0.39, 0.29) is 18.4 Å². The van der Waals surface area contributed by atoms with E-state index < -0.39 is 0 Å². The van der Waals surface area contributed by atoms with Crippen molar-refractivity contribution in [3.63, 3.8) is 0 Å². The van der Waals surface area contributed by atoms with Crippen LogP contribution in [0.2, 0.25) is 0 Å². The van der Waals surface area contributed by atoms with Crippen LogP contribution in [0.5, 0.6) is 5.75 Å². The molecule has 0 aliphatic rings. The van der Waals surface area contributed by atoms with Gasteiger partial charge in [-0.1, -0.05) is 13.0 Å². The summed E-state index contributed by atoms with van der Waals surface area (Å²) in [6.07, 6.45) is 0.892. The second kappa shape index (κ2) is 11.6. The van der Waals surface area contributed by atoms with Gasteiger partial charge in [-0.3, -0.25) is 9.59 Å². The molecule has 0 unspecified atom stereocenters. The van der Waals surface area contributed by atoms with Crippen LogP contribution in [0.15, 0.2) is 48.5 Å². The number of methoxy groups -OCH3 is 1. The number of hydrogen-bond donors (Lipinski definition) is 3. The Morgan fingerprint density at radius 2 is 1.79 bits per heavy atom. The highest BCUT2D eigenvalue weighted by molar-refractivity contribution is 5.95. The van der Waals surface area contributed by atoms with Crippen molar-refractivity contribution in [2.75, 3.05) is 44.0 Å². The van der Waals surface area contributed by atoms with Gasteiger partial charge < -0.3 is 25.4 Å². The molecule has 0 radical (unpaired) electrons. The zero-order valence-corrected chi connectivity index (χ0v) is 16.3. The third kappa shape index (κ3) is 7.28. The van der Waals surface area contributed by atoms with Gasteiger partial charge in [0.15, 0.2) is 0 Å². The van der Waals surface area contributed by atoms with E-state index in [1.54, 1.807) is 43.5 Å². The molecule has 0 aromatic heterocycles. The molecule has 150 valence electrons. The van der Waals surface area contributed by atoms with Gasteiger partial charge in [0.2, 0.25) is 5.91 Å². The van der Waals surface area contributed by atoms with E-state index in [2.05, 4.69) is 16.0 Å². The van der Waals surface area contributed by atoms with Crippen LogP contribution in [-0.4, -0.2) is 45.2 Å². The minimum absolute atomic E-state index is 0.0984. The Labute approximate surface area is 165 Å². The number of anilines is 2. The maximum absolute atomic E-state index is 12.2. The fourth-order valence-corrected chi connectivity index (χ4v) is 2.37. The monoisotopic (exact) mass is 385 g/mol. The van der Waals surface area contributed by atoms with Crippen LogP contribution >= 0.6 is 0 Å². The summed E-state index contributed by atoms with van der Waals surface area (Å²) in [6.45, 7) is 3.71. The summed E-state index contributed by atoms with van der Waals surface area (Å²) in [4.78, 5) is 24.0. The van der Waals surface area contributed by atoms with E-state index in [0.717, 1.165) is 12.1 Å². The summed E-state index contributed by atoms with van der Waals surface area (Å²) in [5.74, 6) is 0.386. The second-order valence-electron chi connectivity index (χ2n) is 6.10. The van der Waals surface area contributed by atoms with Crippen molar-refractivity contribution in [3.8, 4) is 5.75 Å². The van der Waals surface area contributed by atoms with Gasteiger partial charge in [-0.2, -0.15) is 0 Å². The molecule has 2 rings (SSSR count). The Kier molecular flexibility index (Phi) is 8.81. The van der Waals surface area contributed by atoms with Crippen molar-refractivity contribution >= 4 is 23.2 Å². The first-order chi connectivity index (χ1) is 13.6. The number of hydrogen-bond acceptors (Lipinski definition) is 5. The molecule has 2 amide bonds. The van der Waals surface area contributed by atoms with Crippen molar-refractivity contribution in [2.45, 2.75) is 13.3 Å². The molecule has 2 aromatic carbocycles. The lowest BCUT2D eigenvalue weighted by atomic mass is 10.2. The highest BCUT2D eigenvalue weighted by atomic mass is 16.5. The van der Waals surface area contributed by atoms with Crippen molar-refractivity contribution < 1.29 is 19.1 Å². The van der Waals surface area contributed by atoms with Crippen molar-refractivity contribution in [1.29, 1.82) is 0 Å². The molecule has 0 aliphatic heterocycles. The number of benzene rings is 2. The molecule has 0 bridgehead atoms. The zero-order chi connectivity index (χ0) is 20.2. The molecule has 7 nitrogen and oxygen atoms in total. The minimum atomic E-state index is -0.182. The van der Waals surface area contributed by atoms with Crippen molar-refractivity contribution in [1.82, 2.24) is 5.32 Å². The average molecular weight is 385 g/mol. The number of carbonyl (C=O) groups excluding carboxylic acids is 2. The summed E-state index contributed by atoms with van der Waals surface area (Å²) < 4.78 is 10.5. The Morgan fingerprint density at radius 3 is 2.50 bits per heavy atom. The molecule has 7 heteroatoms. The van der Waals surface area contributed by atoms with Crippen molar-refractivity contribution in [3.05, 3.63) is 54.1 Å². The standard InChI is InChI=1S/C21H27N3O4/c1-3-11-22-21(26)16-7-9-17(10-8-16)23-15-20(25)24-18-5-4-6-19(14-18)28-13-12-27-2/h4-10,14,23H,3,11-13,15H2,1-2H3,(H,22,26)(H,24,25). The molecular weight excluding hydrogens is 358 g/mol. The predicted octanol–water partition coefficient (Wildman–Crippen LogP) is 2.90. The largest absolute Gasteiger partial charge is 0.491 e. The number of amides is 2. The van der Waals surface area contributed by atoms with E-state index in [9.17, 15) is 9.59 Å². The lowest BCUT2D eigenvalue weighted by molar-refractivity contribution is -0.114. The van der Waals surface area contributed by atoms with Crippen LogP contribution in [0.3, 0.4) is 0 Å². The smallest absolute Gasteiger partial charge is 0.251 e. The highest BCUT2D eigenvalue weighted by Gasteiger charge is 2.06. The number of nitrogens with one attached hydrogen (secondary N) is 3. The zero-order valence-electron chi connectivity index (χ0n) is 16.3. The molecule has 0 spiro atoms. The maximum Gasteiger partial charge on any atom is 0.251 e. The summed E-state index contributed by atoms with van der Waals surface area (Å²) in [7, 11) is 1.61. The van der Waals surface area contributed by atoms with E-state index >= 15 is 0 Å². The third-order valence-electron chi connectivity index (χ3n) is 3.81. The number of ether oxygens (including phenoxy) is 2. The molecular formula is C21H27N3O4. The van der Waals surface area contributed by atoms with Gasteiger partial charge in [-0.05, 0) is 42.8 Å². The second-order valence-corrected chi connectivity index (χ2v) is 6.10. The molecule has 0 heterocycles. The van der Waals surface area contributed by atoms with Crippen LogP contribution < -0.4 is 20.7 Å². The molecule has 0 fully saturated rings. The molecule has 0 saturated carbocycles. The Balaban J connectivity index is 1.80. The summed E-state index contributed by atoms with van der Waals surface area (Å²) in [5, 5.41) is 8.68. The summed E-state index contributed by atoms with van der Waals surface area (Å²) in [5.41, 5.74) is 2.01. The fraction of sp³-hybridized carbons (Fsp3) is 0.333. The van der Waals surface area contributed by atoms with Crippen LogP contribution in [0, 0.1) is 0 Å². The van der Waals surface area contributed by atoms with Gasteiger partial charge in [0.25, 0.3) is 5.91 Å². The first-order valence-electron chi connectivity index (χ1n) is 9.26. The third-order valence-corrected chi connectivity index (χ3v) is 3.81. The molecule has 0 aliphatic carbocycles. The molecule has 28 heavy (non-hydrogen) atoms. The first-order valence-corrected chi connectivity index (χ1v) is 9.26. The van der Waals surface area contributed by atoms with Crippen LogP contribution in [0.1, 0.15) is 23.7 Å². The van der Waals surface area contributed by atoms with Gasteiger partial charge in [0, 0.05) is 36.7 Å². The maximum atomic E-state index is 12.2. The normalized spacial score (nSPS) is 10.2. The average Bonchev–Trinajstić information content (AvgIpc) is 2.71. The van der Waals surface area contributed by atoms with Gasteiger partial charge in [0.1, 0.15) is 12.4 Å². The quantitative estimate of drug-likeness (QED) is 0.518. The lowest BCUT2D eigenvalue weighted by Crippen LogP contribution is -2.24. The SMILES string of the molecule is CCCNC(=O)c1ccc(NCC(=O)Nc2cccc(OCCOC)c2)cc1. The Hall–Kier alpha value is -3.06. The fourth-order valence-electron chi connectivity index (χ4n) is 2.37. The van der Waals surface area contributed by atoms with E-state index in [1.807, 2.05) is 19.1 Å². The van der Waals surface area contributed by atoms with Gasteiger partial charge in [0.05, 0.1) is 13.2 Å². The topological polar surface area (TPSA) is 88.7 Å². The van der Waals surface area contributed by atoms with Crippen LogP contribution in [0.4, 0.5) is 11.4 Å². The van der Waals surface area contributed by atoms with Gasteiger partial charge in [-0.25, -0.2) is 0 Å². The first kappa shape index (κ1) is 21.2. The molecule has 0 atom stereocenters. The number of carbonyl (C=O) groups is 2.